The van der Waals surface area contributed by atoms with Crippen LogP contribution in [0.1, 0.15) is 36.9 Å². The van der Waals surface area contributed by atoms with Gasteiger partial charge in [-0.2, -0.15) is 0 Å². The molecule has 0 saturated carbocycles. The van der Waals surface area contributed by atoms with Crippen molar-refractivity contribution in [3.63, 3.8) is 0 Å². The van der Waals surface area contributed by atoms with Gasteiger partial charge in [-0.25, -0.2) is 13.1 Å². The summed E-state index contributed by atoms with van der Waals surface area (Å²) in [7, 11) is -3.72. The van der Waals surface area contributed by atoms with Crippen LogP contribution in [0.2, 0.25) is 5.02 Å². The maximum atomic E-state index is 12.8. The van der Waals surface area contributed by atoms with Gasteiger partial charge < -0.3 is 16.2 Å². The van der Waals surface area contributed by atoms with Crippen LogP contribution < -0.4 is 15.8 Å². The quantitative estimate of drug-likeness (QED) is 0.452. The van der Waals surface area contributed by atoms with Crippen LogP contribution in [-0.2, 0) is 21.2 Å². The van der Waals surface area contributed by atoms with Crippen molar-refractivity contribution in [3.8, 4) is 0 Å². The lowest BCUT2D eigenvalue weighted by Gasteiger charge is -2.24. The third kappa shape index (κ3) is 5.84. The third-order valence-electron chi connectivity index (χ3n) is 5.61. The molecule has 2 aromatic carbocycles. The number of fused-ring (bicyclic) bond motifs is 1. The fraction of sp³-hybridized carbons (Fsp3) is 0.409. The van der Waals surface area contributed by atoms with Gasteiger partial charge in [-0.15, -0.1) is 0 Å². The lowest BCUT2D eigenvalue weighted by molar-refractivity contribution is -0.127. The number of hydrogen-bond donors (Lipinski definition) is 4. The fourth-order valence-electron chi connectivity index (χ4n) is 3.84. The summed E-state index contributed by atoms with van der Waals surface area (Å²) in [6, 6.07) is 12.5. The molecule has 4 unspecified atom stereocenters. The molecule has 5 N–H and O–H groups in total. The van der Waals surface area contributed by atoms with Gasteiger partial charge in [-0.3, -0.25) is 4.79 Å². The van der Waals surface area contributed by atoms with Crippen LogP contribution in [0, 0.1) is 5.92 Å². The topological polar surface area (TPSA) is 122 Å². The molecule has 0 aromatic heterocycles. The van der Waals surface area contributed by atoms with Gasteiger partial charge in [-0.1, -0.05) is 42.8 Å². The third-order valence-corrected chi connectivity index (χ3v) is 7.30. The molecule has 1 amide bonds. The molecule has 0 spiro atoms. The van der Waals surface area contributed by atoms with E-state index < -0.39 is 34.1 Å². The van der Waals surface area contributed by atoms with E-state index in [2.05, 4.69) is 10.0 Å². The van der Waals surface area contributed by atoms with Crippen molar-refractivity contribution in [2.45, 2.75) is 49.3 Å². The van der Waals surface area contributed by atoms with Gasteiger partial charge >= 0.3 is 0 Å². The highest BCUT2D eigenvalue weighted by molar-refractivity contribution is 7.89. The molecule has 0 aliphatic heterocycles. The van der Waals surface area contributed by atoms with Crippen LogP contribution in [0.15, 0.2) is 53.4 Å². The lowest BCUT2D eigenvalue weighted by Crippen LogP contribution is -2.42. The van der Waals surface area contributed by atoms with Crippen LogP contribution >= 0.6 is 11.6 Å². The van der Waals surface area contributed by atoms with Gasteiger partial charge in [0.1, 0.15) is 0 Å². The second-order valence-corrected chi connectivity index (χ2v) is 10.1. The highest BCUT2D eigenvalue weighted by atomic mass is 35.5. The minimum atomic E-state index is -3.72. The van der Waals surface area contributed by atoms with Gasteiger partial charge in [0.2, 0.25) is 15.9 Å². The fourth-order valence-corrected chi connectivity index (χ4v) is 5.06. The van der Waals surface area contributed by atoms with E-state index in [1.54, 1.807) is 0 Å². The second-order valence-electron chi connectivity index (χ2n) is 7.86. The van der Waals surface area contributed by atoms with Crippen LogP contribution in [0.5, 0.6) is 0 Å². The maximum Gasteiger partial charge on any atom is 0.240 e. The van der Waals surface area contributed by atoms with Crippen molar-refractivity contribution in [2.75, 3.05) is 6.54 Å². The first-order valence-electron chi connectivity index (χ1n) is 10.3. The molecule has 0 fully saturated rings. The number of rotatable bonds is 9. The first kappa shape index (κ1) is 23.7. The van der Waals surface area contributed by atoms with Crippen LogP contribution in [0.25, 0.3) is 0 Å². The number of nitrogens with one attached hydrogen (secondary N) is 2. The van der Waals surface area contributed by atoms with E-state index >= 15 is 0 Å². The van der Waals surface area contributed by atoms with Crippen molar-refractivity contribution < 1.29 is 18.3 Å². The standard InChI is InChI=1S/C22H28ClN3O4S/c1-2-14(22(28)26-21-19-6-4-3-5-15(19)12-20(21)27)11-17(24)13-25-31(29,30)18-9-7-16(23)8-10-18/h3-10,14,17,20-21,25,27H,2,11-13,24H2,1H3,(H,26,28). The zero-order valence-corrected chi connectivity index (χ0v) is 18.9. The first-order chi connectivity index (χ1) is 14.7. The summed E-state index contributed by atoms with van der Waals surface area (Å²) in [4.78, 5) is 12.9. The van der Waals surface area contributed by atoms with Crippen LogP contribution in [0.3, 0.4) is 0 Å². The van der Waals surface area contributed by atoms with Crippen molar-refractivity contribution in [1.82, 2.24) is 10.0 Å². The summed E-state index contributed by atoms with van der Waals surface area (Å²) in [6.45, 7) is 1.89. The summed E-state index contributed by atoms with van der Waals surface area (Å²) in [5.74, 6) is -0.589. The molecule has 1 aliphatic carbocycles. The van der Waals surface area contributed by atoms with E-state index in [1.165, 1.54) is 24.3 Å². The number of benzene rings is 2. The molecule has 2 aromatic rings. The van der Waals surface area contributed by atoms with Gasteiger partial charge in [0.15, 0.2) is 0 Å². The number of amides is 1. The Morgan fingerprint density at radius 1 is 1.23 bits per heavy atom. The Morgan fingerprint density at radius 2 is 1.90 bits per heavy atom. The maximum absolute atomic E-state index is 12.8. The molecular formula is C22H28ClN3O4S. The molecule has 4 atom stereocenters. The molecule has 31 heavy (non-hydrogen) atoms. The predicted octanol–water partition coefficient (Wildman–Crippen LogP) is 2.14. The molecule has 1 aliphatic rings. The number of halogens is 1. The van der Waals surface area contributed by atoms with E-state index in [0.29, 0.717) is 24.3 Å². The number of sulfonamides is 1. The molecule has 7 nitrogen and oxygen atoms in total. The number of carbonyl (C=O) groups is 1. The van der Waals surface area contributed by atoms with E-state index in [4.69, 9.17) is 17.3 Å². The lowest BCUT2D eigenvalue weighted by atomic mass is 9.95. The first-order valence-corrected chi connectivity index (χ1v) is 12.1. The highest BCUT2D eigenvalue weighted by Crippen LogP contribution is 2.31. The van der Waals surface area contributed by atoms with E-state index in [-0.39, 0.29) is 17.3 Å². The minimum absolute atomic E-state index is 0.00360. The molecule has 0 radical (unpaired) electrons. The van der Waals surface area contributed by atoms with E-state index in [1.807, 2.05) is 31.2 Å². The zero-order valence-electron chi connectivity index (χ0n) is 17.3. The molecule has 0 saturated heterocycles. The Morgan fingerprint density at radius 3 is 2.58 bits per heavy atom. The highest BCUT2D eigenvalue weighted by Gasteiger charge is 2.33. The number of hydrogen-bond acceptors (Lipinski definition) is 5. The minimum Gasteiger partial charge on any atom is -0.390 e. The zero-order chi connectivity index (χ0) is 22.6. The molecule has 3 rings (SSSR count). The number of carbonyl (C=O) groups excluding carboxylic acids is 1. The summed E-state index contributed by atoms with van der Waals surface area (Å²) in [6.07, 6.45) is 0.701. The monoisotopic (exact) mass is 465 g/mol. The Bertz CT molecular complexity index is 1010. The van der Waals surface area contributed by atoms with Crippen molar-refractivity contribution in [1.29, 1.82) is 0 Å². The van der Waals surface area contributed by atoms with Gasteiger partial charge in [0.05, 0.1) is 17.0 Å². The van der Waals surface area contributed by atoms with Crippen molar-refractivity contribution in [2.24, 2.45) is 11.7 Å². The van der Waals surface area contributed by atoms with Gasteiger partial charge in [0.25, 0.3) is 0 Å². The molecule has 0 bridgehead atoms. The average Bonchev–Trinajstić information content (AvgIpc) is 3.06. The summed E-state index contributed by atoms with van der Waals surface area (Å²) in [5.41, 5.74) is 8.09. The Kier molecular flexibility index (Phi) is 7.72. The van der Waals surface area contributed by atoms with E-state index in [9.17, 15) is 18.3 Å². The second kappa shape index (κ2) is 10.1. The Balaban J connectivity index is 1.56. The normalized spacial score (nSPS) is 20.1. The molecule has 9 heteroatoms. The SMILES string of the molecule is CCC(CC(N)CNS(=O)(=O)c1ccc(Cl)cc1)C(=O)NC1c2ccccc2CC1O. The molecule has 0 heterocycles. The summed E-state index contributed by atoms with van der Waals surface area (Å²) in [5, 5.41) is 13.8. The Hall–Kier alpha value is -1.97. The van der Waals surface area contributed by atoms with Crippen LogP contribution in [-0.4, -0.2) is 38.1 Å². The molecule has 168 valence electrons. The number of nitrogens with two attached hydrogens (primary N) is 1. The number of aliphatic hydroxyl groups excluding tert-OH is 1. The van der Waals surface area contributed by atoms with Crippen LogP contribution in [0.4, 0.5) is 0 Å². The van der Waals surface area contributed by atoms with Crippen molar-refractivity contribution in [3.05, 3.63) is 64.7 Å². The van der Waals surface area contributed by atoms with E-state index in [0.717, 1.165) is 11.1 Å². The van der Waals surface area contributed by atoms with Crippen molar-refractivity contribution >= 4 is 27.5 Å². The van der Waals surface area contributed by atoms with Gasteiger partial charge in [-0.05, 0) is 48.2 Å². The summed E-state index contributed by atoms with van der Waals surface area (Å²) >= 11 is 5.80. The number of aliphatic hydroxyl groups is 1. The Labute approximate surface area is 188 Å². The largest absolute Gasteiger partial charge is 0.390 e. The molecular weight excluding hydrogens is 438 g/mol. The average molecular weight is 466 g/mol. The summed E-state index contributed by atoms with van der Waals surface area (Å²) < 4.78 is 27.3. The predicted molar refractivity (Wildman–Crippen MR) is 120 cm³/mol. The van der Waals surface area contributed by atoms with Gasteiger partial charge in [0, 0.05) is 29.9 Å². The smallest absolute Gasteiger partial charge is 0.240 e.